The van der Waals surface area contributed by atoms with Crippen LogP contribution in [0.2, 0.25) is 0 Å². The molecule has 0 aliphatic heterocycles. The number of hydrogen-bond acceptors (Lipinski definition) is 2. The van der Waals surface area contributed by atoms with Gasteiger partial charge in [-0.3, -0.25) is 0 Å². The SMILES string of the molecule is CC1(C)c2ccccc2-c2ccc(N(c3ccc(-c4ccccc4)cc3)c3ccc4c(c3)C3(c5ccccc5-c5ccccc53)c3ccc5oc6ccccc6c5c3-4)cc21. The largest absolute Gasteiger partial charge is 0.456 e. The molecule has 1 spiro atoms. The molecule has 3 aliphatic carbocycles. The Bertz CT molecular complexity index is 3360. The Kier molecular flexibility index (Phi) is 6.74. The number of nitrogens with zero attached hydrogens (tertiary/aromatic N) is 1. The number of furan rings is 1. The van der Waals surface area contributed by atoms with Gasteiger partial charge >= 0.3 is 0 Å². The summed E-state index contributed by atoms with van der Waals surface area (Å²) in [7, 11) is 0. The smallest absolute Gasteiger partial charge is 0.136 e. The average molecular weight is 766 g/mol. The summed E-state index contributed by atoms with van der Waals surface area (Å²) in [5.74, 6) is 0. The molecule has 0 bridgehead atoms. The summed E-state index contributed by atoms with van der Waals surface area (Å²) in [6, 6.07) is 74.2. The third kappa shape index (κ3) is 4.32. The second-order valence-corrected chi connectivity index (χ2v) is 17.2. The van der Waals surface area contributed by atoms with Gasteiger partial charge in [-0.15, -0.1) is 0 Å². The zero-order valence-corrected chi connectivity index (χ0v) is 33.4. The van der Waals surface area contributed by atoms with E-state index in [1.165, 1.54) is 83.3 Å². The summed E-state index contributed by atoms with van der Waals surface area (Å²) in [5.41, 5.74) is 22.7. The van der Waals surface area contributed by atoms with Crippen molar-refractivity contribution in [3.05, 3.63) is 234 Å². The molecule has 0 atom stereocenters. The summed E-state index contributed by atoms with van der Waals surface area (Å²) in [4.78, 5) is 2.47. The summed E-state index contributed by atoms with van der Waals surface area (Å²) in [6.45, 7) is 4.73. The van der Waals surface area contributed by atoms with E-state index in [9.17, 15) is 0 Å². The summed E-state index contributed by atoms with van der Waals surface area (Å²) in [6.07, 6.45) is 0. The highest BCUT2D eigenvalue weighted by Crippen LogP contribution is 2.65. The van der Waals surface area contributed by atoms with E-state index in [1.807, 2.05) is 0 Å². The van der Waals surface area contributed by atoms with Gasteiger partial charge in [0.05, 0.1) is 5.41 Å². The van der Waals surface area contributed by atoms with Crippen molar-refractivity contribution in [1.29, 1.82) is 0 Å². The first kappa shape index (κ1) is 33.5. The Morgan fingerprint density at radius 1 is 0.367 bits per heavy atom. The fraction of sp³-hybridized carbons (Fsp3) is 0.0690. The highest BCUT2D eigenvalue weighted by Gasteiger charge is 2.52. The second-order valence-electron chi connectivity index (χ2n) is 17.2. The van der Waals surface area contributed by atoms with E-state index >= 15 is 0 Å². The van der Waals surface area contributed by atoms with Gasteiger partial charge in [0.2, 0.25) is 0 Å². The summed E-state index contributed by atoms with van der Waals surface area (Å²) in [5, 5.41) is 2.34. The normalized spacial score (nSPS) is 14.4. The average Bonchev–Trinajstić information content (AvgIpc) is 3.99. The Labute approximate surface area is 349 Å². The molecule has 10 aromatic rings. The third-order valence-corrected chi connectivity index (χ3v) is 13.9. The highest BCUT2D eigenvalue weighted by molar-refractivity contribution is 6.16. The van der Waals surface area contributed by atoms with Crippen LogP contribution in [-0.2, 0) is 10.8 Å². The van der Waals surface area contributed by atoms with Crippen molar-refractivity contribution in [2.45, 2.75) is 24.7 Å². The molecule has 0 saturated heterocycles. The van der Waals surface area contributed by atoms with Gasteiger partial charge in [-0.05, 0) is 126 Å². The molecule has 0 radical (unpaired) electrons. The lowest BCUT2D eigenvalue weighted by Gasteiger charge is -2.32. The Balaban J connectivity index is 1.09. The number of fused-ring (bicyclic) bond motifs is 17. The molecule has 0 unspecified atom stereocenters. The Morgan fingerprint density at radius 3 is 1.62 bits per heavy atom. The number of hydrogen-bond donors (Lipinski definition) is 0. The van der Waals surface area contributed by atoms with Crippen molar-refractivity contribution < 1.29 is 4.42 Å². The summed E-state index contributed by atoms with van der Waals surface area (Å²) < 4.78 is 6.57. The lowest BCUT2D eigenvalue weighted by Crippen LogP contribution is -2.26. The molecule has 0 saturated carbocycles. The van der Waals surface area contributed by atoms with Crippen LogP contribution < -0.4 is 4.90 Å². The molecule has 13 rings (SSSR count). The van der Waals surface area contributed by atoms with Crippen LogP contribution in [-0.4, -0.2) is 0 Å². The standard InChI is InChI=1S/C58H39NO/c1-57(2)47-20-10-6-16-41(47)44-30-28-39(34-51(44)57)59(38-26-24-37(25-27-38)36-14-4-3-5-15-36)40-29-31-45-52(35-40)58(48-21-11-7-17-42(48)43-18-8-12-22-49(43)58)50-32-33-54-56(55(45)50)46-19-9-13-23-53(46)60-54/h3-35H,1-2H3. The minimum Gasteiger partial charge on any atom is -0.456 e. The molecule has 0 N–H and O–H groups in total. The zero-order valence-electron chi connectivity index (χ0n) is 33.4. The topological polar surface area (TPSA) is 16.4 Å². The molecular weight excluding hydrogens is 727 g/mol. The van der Waals surface area contributed by atoms with E-state index in [2.05, 4.69) is 219 Å². The lowest BCUT2D eigenvalue weighted by atomic mass is 9.70. The van der Waals surface area contributed by atoms with Crippen molar-refractivity contribution >= 4 is 39.0 Å². The molecule has 1 heterocycles. The molecule has 1 aromatic heterocycles. The zero-order chi connectivity index (χ0) is 39.7. The van der Waals surface area contributed by atoms with Gasteiger partial charge in [-0.2, -0.15) is 0 Å². The van der Waals surface area contributed by atoms with Crippen molar-refractivity contribution in [3.63, 3.8) is 0 Å². The fourth-order valence-electron chi connectivity index (χ4n) is 11.3. The maximum Gasteiger partial charge on any atom is 0.136 e. The van der Waals surface area contributed by atoms with E-state index in [4.69, 9.17) is 4.42 Å². The van der Waals surface area contributed by atoms with Gasteiger partial charge in [0.15, 0.2) is 0 Å². The first-order valence-corrected chi connectivity index (χ1v) is 21.0. The number of rotatable bonds is 4. The second kappa shape index (κ2) is 12.1. The first-order valence-electron chi connectivity index (χ1n) is 21.0. The molecular formula is C58H39NO. The van der Waals surface area contributed by atoms with Crippen molar-refractivity contribution in [2.75, 3.05) is 4.90 Å². The van der Waals surface area contributed by atoms with Gasteiger partial charge in [-0.1, -0.05) is 166 Å². The van der Waals surface area contributed by atoms with E-state index in [0.717, 1.165) is 33.6 Å². The van der Waals surface area contributed by atoms with Crippen LogP contribution in [0.1, 0.15) is 47.2 Å². The van der Waals surface area contributed by atoms with Crippen LogP contribution in [0.3, 0.4) is 0 Å². The van der Waals surface area contributed by atoms with Gasteiger partial charge in [0, 0.05) is 33.2 Å². The predicted octanol–water partition coefficient (Wildman–Crippen LogP) is 15.4. The molecule has 9 aromatic carbocycles. The minimum atomic E-state index is -0.523. The number of benzene rings is 9. The Hall–Kier alpha value is -7.42. The van der Waals surface area contributed by atoms with Crippen molar-refractivity contribution in [3.8, 4) is 44.5 Å². The van der Waals surface area contributed by atoms with Gasteiger partial charge in [0.1, 0.15) is 11.2 Å². The van der Waals surface area contributed by atoms with Gasteiger partial charge < -0.3 is 9.32 Å². The first-order chi connectivity index (χ1) is 29.5. The predicted molar refractivity (Wildman–Crippen MR) is 248 cm³/mol. The van der Waals surface area contributed by atoms with Gasteiger partial charge in [0.25, 0.3) is 0 Å². The van der Waals surface area contributed by atoms with Crippen LogP contribution in [0.4, 0.5) is 17.1 Å². The maximum atomic E-state index is 6.57. The highest BCUT2D eigenvalue weighted by atomic mass is 16.3. The van der Waals surface area contributed by atoms with Crippen molar-refractivity contribution in [1.82, 2.24) is 0 Å². The lowest BCUT2D eigenvalue weighted by molar-refractivity contribution is 0.660. The third-order valence-electron chi connectivity index (χ3n) is 13.9. The maximum absolute atomic E-state index is 6.57. The molecule has 0 fully saturated rings. The van der Waals surface area contributed by atoms with Crippen LogP contribution in [0.25, 0.3) is 66.4 Å². The molecule has 2 nitrogen and oxygen atoms in total. The minimum absolute atomic E-state index is 0.135. The van der Waals surface area contributed by atoms with E-state index in [-0.39, 0.29) is 5.41 Å². The van der Waals surface area contributed by atoms with E-state index < -0.39 is 5.41 Å². The number of anilines is 3. The van der Waals surface area contributed by atoms with E-state index in [1.54, 1.807) is 0 Å². The molecule has 60 heavy (non-hydrogen) atoms. The van der Waals surface area contributed by atoms with Crippen LogP contribution >= 0.6 is 0 Å². The monoisotopic (exact) mass is 765 g/mol. The summed E-state index contributed by atoms with van der Waals surface area (Å²) >= 11 is 0. The van der Waals surface area contributed by atoms with Crippen LogP contribution in [0.5, 0.6) is 0 Å². The fourth-order valence-corrected chi connectivity index (χ4v) is 11.3. The van der Waals surface area contributed by atoms with Crippen molar-refractivity contribution in [2.24, 2.45) is 0 Å². The van der Waals surface area contributed by atoms with Crippen LogP contribution in [0.15, 0.2) is 205 Å². The molecule has 282 valence electrons. The Morgan fingerprint density at radius 2 is 0.900 bits per heavy atom. The molecule has 2 heteroatoms. The quantitative estimate of drug-likeness (QED) is 0.177. The van der Waals surface area contributed by atoms with Gasteiger partial charge in [-0.25, -0.2) is 0 Å². The van der Waals surface area contributed by atoms with E-state index in [0.29, 0.717) is 0 Å². The number of para-hydroxylation sites is 1. The van der Waals surface area contributed by atoms with Crippen LogP contribution in [0, 0.1) is 0 Å². The molecule has 3 aliphatic rings. The molecule has 0 amide bonds.